The van der Waals surface area contributed by atoms with Gasteiger partial charge in [-0.1, -0.05) is 45.4 Å². The predicted molar refractivity (Wildman–Crippen MR) is 128 cm³/mol. The number of hydrogen-bond donors (Lipinski definition) is 1. The van der Waals surface area contributed by atoms with E-state index in [1.165, 1.54) is 12.1 Å². The van der Waals surface area contributed by atoms with Gasteiger partial charge in [-0.25, -0.2) is 0 Å². The highest BCUT2D eigenvalue weighted by molar-refractivity contribution is 5.89. The molecule has 1 N–H and O–H groups in total. The van der Waals surface area contributed by atoms with E-state index in [4.69, 9.17) is 9.47 Å². The Kier molecular flexibility index (Phi) is 8.50. The van der Waals surface area contributed by atoms with Gasteiger partial charge in [-0.2, -0.15) is 13.2 Å². The van der Waals surface area contributed by atoms with E-state index in [0.717, 1.165) is 37.7 Å². The molecule has 1 aliphatic rings. The van der Waals surface area contributed by atoms with Gasteiger partial charge in [-0.05, 0) is 72.4 Å². The van der Waals surface area contributed by atoms with Crippen molar-refractivity contribution in [2.24, 2.45) is 11.3 Å². The summed E-state index contributed by atoms with van der Waals surface area (Å²) in [6.45, 7) is 9.10. The van der Waals surface area contributed by atoms with Crippen molar-refractivity contribution in [3.05, 3.63) is 41.5 Å². The van der Waals surface area contributed by atoms with Crippen LogP contribution in [0.5, 0.6) is 5.75 Å². The van der Waals surface area contributed by atoms with Crippen LogP contribution < -0.4 is 10.1 Å². The summed E-state index contributed by atoms with van der Waals surface area (Å²) >= 11 is 0. The molecular weight excluding hydrogens is 443 g/mol. The van der Waals surface area contributed by atoms with Crippen molar-refractivity contribution >= 4 is 16.7 Å². The second kappa shape index (κ2) is 11.0. The molecule has 0 bridgehead atoms. The highest BCUT2D eigenvalue weighted by Crippen LogP contribution is 2.47. The minimum absolute atomic E-state index is 0.0456. The van der Waals surface area contributed by atoms with Gasteiger partial charge in [-0.15, -0.1) is 0 Å². The Morgan fingerprint density at radius 1 is 1.15 bits per heavy atom. The number of alkyl halides is 3. The summed E-state index contributed by atoms with van der Waals surface area (Å²) < 4.78 is 53.3. The molecule has 34 heavy (non-hydrogen) atoms. The highest BCUT2D eigenvalue weighted by atomic mass is 19.4. The lowest BCUT2D eigenvalue weighted by Gasteiger charge is -2.43. The SMILES string of the molecule is CCOC(=O)CNCc1ccc2c(C(F)(F)F)c(OC3CCC(CC)(C(C)C)CC3)ccc2c1. The van der Waals surface area contributed by atoms with Gasteiger partial charge in [0, 0.05) is 6.54 Å². The monoisotopic (exact) mass is 479 g/mol. The number of nitrogens with one attached hydrogen (secondary N) is 1. The summed E-state index contributed by atoms with van der Waals surface area (Å²) in [7, 11) is 0. The third-order valence-corrected chi connectivity index (χ3v) is 7.38. The van der Waals surface area contributed by atoms with Gasteiger partial charge < -0.3 is 14.8 Å². The fraction of sp³-hybridized carbons (Fsp3) is 0.593. The minimum atomic E-state index is -4.53. The van der Waals surface area contributed by atoms with Crippen molar-refractivity contribution in [2.45, 2.75) is 78.6 Å². The van der Waals surface area contributed by atoms with Crippen LogP contribution >= 0.6 is 0 Å². The average Bonchev–Trinajstić information content (AvgIpc) is 2.78. The van der Waals surface area contributed by atoms with Crippen LogP contribution in [0.3, 0.4) is 0 Å². The third kappa shape index (κ3) is 6.04. The maximum atomic E-state index is 14.1. The van der Waals surface area contributed by atoms with Crippen molar-refractivity contribution in [1.29, 1.82) is 0 Å². The molecule has 0 atom stereocenters. The number of fused-ring (bicyclic) bond motifs is 1. The predicted octanol–water partition coefficient (Wildman–Crippen LogP) is 6.89. The summed E-state index contributed by atoms with van der Waals surface area (Å²) in [4.78, 5) is 11.5. The summed E-state index contributed by atoms with van der Waals surface area (Å²) in [5.74, 6) is 0.0919. The Hall–Kier alpha value is -2.28. The first-order valence-electron chi connectivity index (χ1n) is 12.3. The van der Waals surface area contributed by atoms with Crippen LogP contribution in [0.4, 0.5) is 13.2 Å². The molecule has 0 unspecified atom stereocenters. The molecule has 1 aliphatic carbocycles. The standard InChI is InChI=1S/C27H36F3NO3/c1-5-26(18(3)4)13-11-21(12-14-26)34-23-10-8-20-15-19(16-31-17-24(32)33-6-2)7-9-22(20)25(23)27(28,29)30/h7-10,15,18,21,31H,5-6,11-14,16-17H2,1-4H3. The van der Waals surface area contributed by atoms with E-state index in [0.29, 0.717) is 24.5 Å². The van der Waals surface area contributed by atoms with Crippen molar-refractivity contribution in [2.75, 3.05) is 13.2 Å². The topological polar surface area (TPSA) is 47.6 Å². The number of benzene rings is 2. The molecule has 0 spiro atoms. The zero-order chi connectivity index (χ0) is 24.9. The van der Waals surface area contributed by atoms with Crippen LogP contribution in [0.15, 0.2) is 30.3 Å². The van der Waals surface area contributed by atoms with Gasteiger partial charge in [0.2, 0.25) is 0 Å². The fourth-order valence-electron chi connectivity index (χ4n) is 5.18. The van der Waals surface area contributed by atoms with E-state index in [9.17, 15) is 18.0 Å². The largest absolute Gasteiger partial charge is 0.490 e. The van der Waals surface area contributed by atoms with E-state index in [1.54, 1.807) is 25.1 Å². The Morgan fingerprint density at radius 3 is 2.44 bits per heavy atom. The number of ether oxygens (including phenoxy) is 2. The van der Waals surface area contributed by atoms with Crippen LogP contribution in [0.1, 0.15) is 70.9 Å². The molecule has 2 aromatic carbocycles. The molecule has 4 nitrogen and oxygen atoms in total. The van der Waals surface area contributed by atoms with E-state index in [-0.39, 0.29) is 35.2 Å². The number of hydrogen-bond acceptors (Lipinski definition) is 4. The third-order valence-electron chi connectivity index (χ3n) is 7.38. The number of rotatable bonds is 9. The highest BCUT2D eigenvalue weighted by Gasteiger charge is 2.40. The van der Waals surface area contributed by atoms with E-state index >= 15 is 0 Å². The number of carbonyl (C=O) groups excluding carboxylic acids is 1. The Labute approximate surface area is 200 Å². The van der Waals surface area contributed by atoms with Crippen LogP contribution in [0.2, 0.25) is 0 Å². The van der Waals surface area contributed by atoms with Crippen molar-refractivity contribution in [3.8, 4) is 5.75 Å². The van der Waals surface area contributed by atoms with Gasteiger partial charge >= 0.3 is 12.1 Å². The van der Waals surface area contributed by atoms with Gasteiger partial charge in [-0.3, -0.25) is 4.79 Å². The Balaban J connectivity index is 1.78. The normalized spacial score (nSPS) is 21.1. The van der Waals surface area contributed by atoms with E-state index in [2.05, 4.69) is 26.1 Å². The molecule has 2 aromatic rings. The lowest BCUT2D eigenvalue weighted by Crippen LogP contribution is -2.35. The maximum absolute atomic E-state index is 14.1. The fourth-order valence-corrected chi connectivity index (χ4v) is 5.18. The number of halogens is 3. The van der Waals surface area contributed by atoms with Crippen molar-refractivity contribution < 1.29 is 27.4 Å². The van der Waals surface area contributed by atoms with Gasteiger partial charge in [0.1, 0.15) is 11.3 Å². The summed E-state index contributed by atoms with van der Waals surface area (Å²) in [5, 5.41) is 3.57. The van der Waals surface area contributed by atoms with Gasteiger partial charge in [0.15, 0.2) is 0 Å². The van der Waals surface area contributed by atoms with Crippen molar-refractivity contribution in [1.82, 2.24) is 5.32 Å². The van der Waals surface area contributed by atoms with Crippen molar-refractivity contribution in [3.63, 3.8) is 0 Å². The minimum Gasteiger partial charge on any atom is -0.490 e. The molecule has 0 aliphatic heterocycles. The smallest absolute Gasteiger partial charge is 0.420 e. The van der Waals surface area contributed by atoms with Gasteiger partial charge in [0.25, 0.3) is 0 Å². The molecule has 0 saturated heterocycles. The molecule has 188 valence electrons. The molecule has 0 heterocycles. The number of carbonyl (C=O) groups is 1. The quantitative estimate of drug-likeness (QED) is 0.398. The van der Waals surface area contributed by atoms with Crippen LogP contribution in [0.25, 0.3) is 10.8 Å². The maximum Gasteiger partial charge on any atom is 0.420 e. The lowest BCUT2D eigenvalue weighted by atomic mass is 9.65. The summed E-state index contributed by atoms with van der Waals surface area (Å²) in [6.07, 6.45) is -0.162. The zero-order valence-electron chi connectivity index (χ0n) is 20.6. The first-order chi connectivity index (χ1) is 16.1. The summed E-state index contributed by atoms with van der Waals surface area (Å²) in [6, 6.07) is 7.99. The van der Waals surface area contributed by atoms with Gasteiger partial charge in [0.05, 0.1) is 19.3 Å². The second-order valence-electron chi connectivity index (χ2n) is 9.59. The molecule has 1 fully saturated rings. The average molecular weight is 480 g/mol. The second-order valence-corrected chi connectivity index (χ2v) is 9.59. The summed E-state index contributed by atoms with van der Waals surface area (Å²) in [5.41, 5.74) is 0.330. The molecular formula is C27H36F3NO3. The molecule has 0 amide bonds. The van der Waals surface area contributed by atoms with E-state index in [1.807, 2.05) is 0 Å². The first-order valence-corrected chi connectivity index (χ1v) is 12.3. The van der Waals surface area contributed by atoms with E-state index < -0.39 is 11.7 Å². The molecule has 1 saturated carbocycles. The Morgan fingerprint density at radius 2 is 1.85 bits per heavy atom. The lowest BCUT2D eigenvalue weighted by molar-refractivity contribution is -0.142. The molecule has 7 heteroatoms. The molecule has 3 rings (SSSR count). The van der Waals surface area contributed by atoms with Crippen LogP contribution in [-0.2, 0) is 22.3 Å². The molecule has 0 radical (unpaired) electrons. The molecule has 0 aromatic heterocycles. The zero-order valence-corrected chi connectivity index (χ0v) is 20.6. The number of esters is 1. The Bertz CT molecular complexity index is 979. The van der Waals surface area contributed by atoms with Crippen LogP contribution in [-0.4, -0.2) is 25.2 Å². The first kappa shape index (κ1) is 26.3. The van der Waals surface area contributed by atoms with Crippen LogP contribution in [0, 0.1) is 11.3 Å².